The van der Waals surface area contributed by atoms with Crippen molar-refractivity contribution in [3.05, 3.63) is 29.8 Å². The fourth-order valence-corrected chi connectivity index (χ4v) is 1.10. The number of anilines is 1. The molecular weight excluding hydrogens is 188 g/mol. The normalized spacial score (nSPS) is 8.87. The Morgan fingerprint density at radius 1 is 1.40 bits per heavy atom. The summed E-state index contributed by atoms with van der Waals surface area (Å²) in [5.41, 5.74) is 6.79. The first-order chi connectivity index (χ1) is 7.24. The predicted octanol–water partition coefficient (Wildman–Crippen LogP) is 1.41. The smallest absolute Gasteiger partial charge is 0.251 e. The van der Waals surface area contributed by atoms with E-state index < -0.39 is 0 Å². The highest BCUT2D eigenvalue weighted by molar-refractivity contribution is 5.94. The van der Waals surface area contributed by atoms with Crippen LogP contribution in [0.15, 0.2) is 24.3 Å². The summed E-state index contributed by atoms with van der Waals surface area (Å²) < 4.78 is 0. The summed E-state index contributed by atoms with van der Waals surface area (Å²) in [6.07, 6.45) is 0.678. The minimum Gasteiger partial charge on any atom is -0.399 e. The van der Waals surface area contributed by atoms with Gasteiger partial charge in [0.25, 0.3) is 5.91 Å². The number of carbonyl (C=O) groups excluding carboxylic acids is 1. The number of amides is 1. The molecule has 0 fully saturated rings. The molecule has 0 aliphatic rings. The number of hydrogen-bond acceptors (Lipinski definition) is 2. The standard InChI is InChI=1S/C12H14N2O/c1-2-3-4-9-14-12(15)10-5-7-11(13)8-6-10/h5-8H,4,9,13H2,1H3,(H,14,15). The second kappa shape index (κ2) is 5.71. The molecule has 0 aliphatic heterocycles. The van der Waals surface area contributed by atoms with E-state index in [1.807, 2.05) is 0 Å². The topological polar surface area (TPSA) is 55.1 Å². The monoisotopic (exact) mass is 202 g/mol. The molecule has 0 unspecified atom stereocenters. The van der Waals surface area contributed by atoms with Crippen LogP contribution in [0, 0.1) is 11.8 Å². The molecule has 1 rings (SSSR count). The van der Waals surface area contributed by atoms with Crippen LogP contribution in [0.25, 0.3) is 0 Å². The molecule has 0 saturated carbocycles. The molecule has 0 radical (unpaired) electrons. The van der Waals surface area contributed by atoms with Crippen molar-refractivity contribution in [1.29, 1.82) is 0 Å². The van der Waals surface area contributed by atoms with Gasteiger partial charge in [-0.3, -0.25) is 4.79 Å². The minimum absolute atomic E-state index is 0.0899. The Kier molecular flexibility index (Phi) is 4.24. The number of benzene rings is 1. The molecule has 1 aromatic rings. The third-order valence-corrected chi connectivity index (χ3v) is 1.89. The second-order valence-electron chi connectivity index (χ2n) is 3.05. The van der Waals surface area contributed by atoms with Crippen LogP contribution in [-0.2, 0) is 0 Å². The number of carbonyl (C=O) groups is 1. The summed E-state index contributed by atoms with van der Waals surface area (Å²) in [7, 11) is 0. The summed E-state index contributed by atoms with van der Waals surface area (Å²) in [6.45, 7) is 2.35. The van der Waals surface area contributed by atoms with Crippen LogP contribution in [0.2, 0.25) is 0 Å². The Labute approximate surface area is 89.7 Å². The summed E-state index contributed by atoms with van der Waals surface area (Å²) in [5.74, 6) is 5.56. The first-order valence-electron chi connectivity index (χ1n) is 4.77. The van der Waals surface area contributed by atoms with Crippen molar-refractivity contribution in [2.45, 2.75) is 13.3 Å². The Balaban J connectivity index is 2.46. The summed E-state index contributed by atoms with van der Waals surface area (Å²) in [4.78, 5) is 11.5. The third-order valence-electron chi connectivity index (χ3n) is 1.89. The second-order valence-corrected chi connectivity index (χ2v) is 3.05. The Bertz CT molecular complexity index is 384. The minimum atomic E-state index is -0.0899. The Morgan fingerprint density at radius 3 is 2.67 bits per heavy atom. The third kappa shape index (κ3) is 3.74. The van der Waals surface area contributed by atoms with Gasteiger partial charge in [-0.25, -0.2) is 0 Å². The van der Waals surface area contributed by atoms with Gasteiger partial charge in [0.05, 0.1) is 0 Å². The van der Waals surface area contributed by atoms with Gasteiger partial charge in [0.2, 0.25) is 0 Å². The lowest BCUT2D eigenvalue weighted by molar-refractivity contribution is 0.0954. The number of nitrogen functional groups attached to an aromatic ring is 1. The molecule has 3 N–H and O–H groups in total. The van der Waals surface area contributed by atoms with Crippen LogP contribution in [-0.4, -0.2) is 12.5 Å². The van der Waals surface area contributed by atoms with Crippen molar-refractivity contribution in [2.24, 2.45) is 0 Å². The molecule has 3 nitrogen and oxygen atoms in total. The van der Waals surface area contributed by atoms with Gasteiger partial charge in [0.15, 0.2) is 0 Å². The Hall–Kier alpha value is -1.95. The highest BCUT2D eigenvalue weighted by atomic mass is 16.1. The molecule has 0 atom stereocenters. The molecule has 3 heteroatoms. The van der Waals surface area contributed by atoms with Gasteiger partial charge >= 0.3 is 0 Å². The lowest BCUT2D eigenvalue weighted by Crippen LogP contribution is -2.24. The number of rotatable bonds is 3. The molecule has 0 bridgehead atoms. The zero-order valence-electron chi connectivity index (χ0n) is 8.71. The van der Waals surface area contributed by atoms with Gasteiger partial charge < -0.3 is 11.1 Å². The fourth-order valence-electron chi connectivity index (χ4n) is 1.10. The average molecular weight is 202 g/mol. The number of nitrogens with one attached hydrogen (secondary N) is 1. The Morgan fingerprint density at radius 2 is 2.07 bits per heavy atom. The van der Waals surface area contributed by atoms with Crippen LogP contribution < -0.4 is 11.1 Å². The first kappa shape index (κ1) is 11.1. The molecule has 1 amide bonds. The van der Waals surface area contributed by atoms with E-state index in [1.54, 1.807) is 31.2 Å². The van der Waals surface area contributed by atoms with E-state index in [0.29, 0.717) is 24.2 Å². The van der Waals surface area contributed by atoms with Crippen LogP contribution in [0.4, 0.5) is 5.69 Å². The quantitative estimate of drug-likeness (QED) is 0.442. The van der Waals surface area contributed by atoms with Gasteiger partial charge in [-0.2, -0.15) is 0 Å². The highest BCUT2D eigenvalue weighted by Crippen LogP contribution is 2.04. The molecule has 0 spiro atoms. The SMILES string of the molecule is CC#CCCNC(=O)c1ccc(N)cc1. The lowest BCUT2D eigenvalue weighted by Gasteiger charge is -2.02. The maximum atomic E-state index is 11.5. The maximum absolute atomic E-state index is 11.5. The summed E-state index contributed by atoms with van der Waals surface area (Å²) in [6, 6.07) is 6.83. The van der Waals surface area contributed by atoms with Crippen molar-refractivity contribution in [3.63, 3.8) is 0 Å². The zero-order valence-corrected chi connectivity index (χ0v) is 8.71. The van der Waals surface area contributed by atoms with E-state index in [1.165, 1.54) is 0 Å². The largest absolute Gasteiger partial charge is 0.399 e. The summed E-state index contributed by atoms with van der Waals surface area (Å²) >= 11 is 0. The van der Waals surface area contributed by atoms with E-state index in [0.717, 1.165) is 0 Å². The van der Waals surface area contributed by atoms with Crippen LogP contribution in [0.3, 0.4) is 0 Å². The molecule has 78 valence electrons. The molecule has 0 aromatic heterocycles. The van der Waals surface area contributed by atoms with Crippen LogP contribution >= 0.6 is 0 Å². The average Bonchev–Trinajstić information content (AvgIpc) is 2.25. The van der Waals surface area contributed by atoms with Gasteiger partial charge in [-0.05, 0) is 31.2 Å². The fraction of sp³-hybridized carbons (Fsp3) is 0.250. The van der Waals surface area contributed by atoms with E-state index in [-0.39, 0.29) is 5.91 Å². The van der Waals surface area contributed by atoms with E-state index in [4.69, 9.17) is 5.73 Å². The lowest BCUT2D eigenvalue weighted by atomic mass is 10.2. The van der Waals surface area contributed by atoms with Crippen LogP contribution in [0.5, 0.6) is 0 Å². The molecule has 0 saturated heterocycles. The number of hydrogen-bond donors (Lipinski definition) is 2. The molecule has 0 heterocycles. The molecule has 15 heavy (non-hydrogen) atoms. The van der Waals surface area contributed by atoms with Gasteiger partial charge in [0.1, 0.15) is 0 Å². The van der Waals surface area contributed by atoms with E-state index in [9.17, 15) is 4.79 Å². The molecule has 1 aromatic carbocycles. The summed E-state index contributed by atoms with van der Waals surface area (Å²) in [5, 5.41) is 2.77. The maximum Gasteiger partial charge on any atom is 0.251 e. The van der Waals surface area contributed by atoms with Crippen molar-refractivity contribution in [3.8, 4) is 11.8 Å². The predicted molar refractivity (Wildman–Crippen MR) is 61.3 cm³/mol. The van der Waals surface area contributed by atoms with Gasteiger partial charge in [0, 0.05) is 24.2 Å². The van der Waals surface area contributed by atoms with E-state index in [2.05, 4.69) is 17.2 Å². The van der Waals surface area contributed by atoms with Crippen LogP contribution in [0.1, 0.15) is 23.7 Å². The van der Waals surface area contributed by atoms with Crippen molar-refractivity contribution in [1.82, 2.24) is 5.32 Å². The van der Waals surface area contributed by atoms with Crippen molar-refractivity contribution >= 4 is 11.6 Å². The first-order valence-corrected chi connectivity index (χ1v) is 4.77. The van der Waals surface area contributed by atoms with E-state index >= 15 is 0 Å². The molecular formula is C12H14N2O. The van der Waals surface area contributed by atoms with Gasteiger partial charge in [-0.1, -0.05) is 0 Å². The molecule has 0 aliphatic carbocycles. The van der Waals surface area contributed by atoms with Gasteiger partial charge in [-0.15, -0.1) is 11.8 Å². The zero-order chi connectivity index (χ0) is 11.1. The highest BCUT2D eigenvalue weighted by Gasteiger charge is 2.02. The van der Waals surface area contributed by atoms with Crippen molar-refractivity contribution < 1.29 is 4.79 Å². The number of nitrogens with two attached hydrogens (primary N) is 1. The van der Waals surface area contributed by atoms with Crippen molar-refractivity contribution in [2.75, 3.05) is 12.3 Å².